The van der Waals surface area contributed by atoms with Crippen LogP contribution in [0.15, 0.2) is 6.20 Å². The van der Waals surface area contributed by atoms with Crippen molar-refractivity contribution in [1.82, 2.24) is 15.3 Å². The van der Waals surface area contributed by atoms with Crippen molar-refractivity contribution in [3.8, 4) is 0 Å². The molecule has 1 heterocycles. The molecule has 2 rings (SSSR count). The van der Waals surface area contributed by atoms with Crippen molar-refractivity contribution in [3.05, 3.63) is 23.3 Å². The quantitative estimate of drug-likeness (QED) is 0.923. The van der Waals surface area contributed by atoms with Gasteiger partial charge in [0.2, 0.25) is 0 Å². The fourth-order valence-electron chi connectivity index (χ4n) is 2.89. The average Bonchev–Trinajstić information content (AvgIpc) is 2.34. The Labute approximate surface area is 123 Å². The van der Waals surface area contributed by atoms with Gasteiger partial charge in [-0.3, -0.25) is 0 Å². The normalized spacial score (nSPS) is 21.1. The molecule has 1 aliphatic rings. The highest BCUT2D eigenvalue weighted by atomic mass is 19.4. The van der Waals surface area contributed by atoms with Crippen molar-refractivity contribution in [1.29, 1.82) is 0 Å². The lowest BCUT2D eigenvalue weighted by Crippen LogP contribution is -2.34. The van der Waals surface area contributed by atoms with Crippen molar-refractivity contribution in [2.75, 3.05) is 6.54 Å². The Morgan fingerprint density at radius 1 is 1.38 bits per heavy atom. The molecule has 1 aromatic heterocycles. The molecule has 0 amide bonds. The monoisotopic (exact) mass is 301 g/mol. The van der Waals surface area contributed by atoms with Crippen LogP contribution in [0.4, 0.5) is 13.2 Å². The number of alkyl halides is 3. The third-order valence-corrected chi connectivity index (χ3v) is 3.81. The van der Waals surface area contributed by atoms with Crippen LogP contribution in [0.2, 0.25) is 0 Å². The minimum Gasteiger partial charge on any atom is -0.310 e. The molecule has 0 spiro atoms. The summed E-state index contributed by atoms with van der Waals surface area (Å²) in [5.41, 5.74) is 2.02. The van der Waals surface area contributed by atoms with E-state index in [1.807, 2.05) is 6.92 Å². The molecule has 0 radical (unpaired) electrons. The zero-order valence-corrected chi connectivity index (χ0v) is 12.7. The highest BCUT2D eigenvalue weighted by Gasteiger charge is 2.33. The molecule has 0 aliphatic heterocycles. The minimum atomic E-state index is -4.16. The molecule has 0 saturated carbocycles. The number of rotatable bonds is 4. The lowest BCUT2D eigenvalue weighted by atomic mass is 9.74. The van der Waals surface area contributed by atoms with Crippen molar-refractivity contribution in [3.63, 3.8) is 0 Å². The molecule has 1 N–H and O–H groups in total. The lowest BCUT2D eigenvalue weighted by Gasteiger charge is -2.36. The smallest absolute Gasteiger partial charge is 0.310 e. The molecule has 0 aromatic carbocycles. The Kier molecular flexibility index (Phi) is 4.56. The topological polar surface area (TPSA) is 37.8 Å². The van der Waals surface area contributed by atoms with Crippen molar-refractivity contribution >= 4 is 0 Å². The summed E-state index contributed by atoms with van der Waals surface area (Å²) in [4.78, 5) is 8.52. The first-order valence-corrected chi connectivity index (χ1v) is 7.35. The molecule has 1 aromatic rings. The third-order valence-electron chi connectivity index (χ3n) is 3.81. The molecule has 3 nitrogen and oxygen atoms in total. The maximum Gasteiger partial charge on any atom is 0.389 e. The SMILES string of the molecule is CCNC1CC(C)(C)Cc2nc(CCC(F)(F)F)ncc21. The molecule has 0 saturated heterocycles. The van der Waals surface area contributed by atoms with Gasteiger partial charge >= 0.3 is 6.18 Å². The number of fused-ring (bicyclic) bond motifs is 1. The van der Waals surface area contributed by atoms with E-state index >= 15 is 0 Å². The van der Waals surface area contributed by atoms with Crippen LogP contribution in [-0.4, -0.2) is 22.7 Å². The highest BCUT2D eigenvalue weighted by molar-refractivity contribution is 5.26. The van der Waals surface area contributed by atoms with E-state index in [0.29, 0.717) is 5.82 Å². The van der Waals surface area contributed by atoms with Crippen LogP contribution in [0.5, 0.6) is 0 Å². The van der Waals surface area contributed by atoms with Gasteiger partial charge in [-0.1, -0.05) is 20.8 Å². The van der Waals surface area contributed by atoms with Gasteiger partial charge in [0.05, 0.1) is 6.42 Å². The van der Waals surface area contributed by atoms with Crippen molar-refractivity contribution in [2.45, 2.75) is 58.7 Å². The van der Waals surface area contributed by atoms with E-state index in [4.69, 9.17) is 0 Å². The Bertz CT molecular complexity index is 497. The molecular weight excluding hydrogens is 279 g/mol. The summed E-state index contributed by atoms with van der Waals surface area (Å²) in [5.74, 6) is 0.291. The Morgan fingerprint density at radius 3 is 2.71 bits per heavy atom. The maximum absolute atomic E-state index is 12.3. The second-order valence-electron chi connectivity index (χ2n) is 6.46. The molecule has 118 valence electrons. The molecular formula is C15H22F3N3. The number of hydrogen-bond acceptors (Lipinski definition) is 3. The number of nitrogens with one attached hydrogen (secondary N) is 1. The fourth-order valence-corrected chi connectivity index (χ4v) is 2.89. The highest BCUT2D eigenvalue weighted by Crippen LogP contribution is 2.39. The molecule has 0 fully saturated rings. The Balaban J connectivity index is 2.21. The summed E-state index contributed by atoms with van der Waals surface area (Å²) in [5, 5.41) is 3.41. The van der Waals surface area contributed by atoms with E-state index in [0.717, 1.165) is 30.6 Å². The van der Waals surface area contributed by atoms with Crippen molar-refractivity contribution < 1.29 is 13.2 Å². The number of aryl methyl sites for hydroxylation is 1. The number of aromatic nitrogens is 2. The molecule has 6 heteroatoms. The van der Waals surface area contributed by atoms with Crippen LogP contribution >= 0.6 is 0 Å². The van der Waals surface area contributed by atoms with E-state index < -0.39 is 12.6 Å². The van der Waals surface area contributed by atoms with Gasteiger partial charge in [0, 0.05) is 29.9 Å². The molecule has 1 aliphatic carbocycles. The Morgan fingerprint density at radius 2 is 2.10 bits per heavy atom. The zero-order chi connectivity index (χ0) is 15.7. The lowest BCUT2D eigenvalue weighted by molar-refractivity contribution is -0.134. The standard InChI is InChI=1S/C15H22F3N3/c1-4-19-11-7-14(2,3)8-12-10(11)9-20-13(21-12)5-6-15(16,17)18/h9,11,19H,4-8H2,1-3H3. The average molecular weight is 301 g/mol. The van der Waals surface area contributed by atoms with Gasteiger partial charge in [0.1, 0.15) is 5.82 Å². The first kappa shape index (κ1) is 16.2. The molecule has 1 atom stereocenters. The van der Waals surface area contributed by atoms with Gasteiger partial charge in [-0.05, 0) is 24.8 Å². The van der Waals surface area contributed by atoms with Crippen LogP contribution in [0.1, 0.15) is 56.7 Å². The first-order chi connectivity index (χ1) is 9.70. The van der Waals surface area contributed by atoms with Crippen LogP contribution in [0.3, 0.4) is 0 Å². The number of halogens is 3. The summed E-state index contributed by atoms with van der Waals surface area (Å²) < 4.78 is 36.9. The van der Waals surface area contributed by atoms with E-state index in [-0.39, 0.29) is 17.9 Å². The molecule has 0 bridgehead atoms. The van der Waals surface area contributed by atoms with Crippen LogP contribution in [0.25, 0.3) is 0 Å². The predicted octanol–water partition coefficient (Wildman–Crippen LogP) is 3.59. The van der Waals surface area contributed by atoms with Gasteiger partial charge in [-0.15, -0.1) is 0 Å². The maximum atomic E-state index is 12.3. The second kappa shape index (κ2) is 5.91. The van der Waals surface area contributed by atoms with Crippen LogP contribution < -0.4 is 5.32 Å². The van der Waals surface area contributed by atoms with Gasteiger partial charge in [-0.25, -0.2) is 9.97 Å². The summed E-state index contributed by atoms with van der Waals surface area (Å²) in [6, 6.07) is 0.186. The summed E-state index contributed by atoms with van der Waals surface area (Å²) >= 11 is 0. The van der Waals surface area contributed by atoms with E-state index in [2.05, 4.69) is 29.1 Å². The molecule has 21 heavy (non-hydrogen) atoms. The zero-order valence-electron chi connectivity index (χ0n) is 12.7. The fraction of sp³-hybridized carbons (Fsp3) is 0.733. The van der Waals surface area contributed by atoms with Crippen molar-refractivity contribution in [2.24, 2.45) is 5.41 Å². The van der Waals surface area contributed by atoms with Gasteiger partial charge in [-0.2, -0.15) is 13.2 Å². The van der Waals surface area contributed by atoms with E-state index in [1.54, 1.807) is 6.20 Å². The number of nitrogens with zero attached hydrogens (tertiary/aromatic N) is 2. The second-order valence-corrected chi connectivity index (χ2v) is 6.46. The van der Waals surface area contributed by atoms with Gasteiger partial charge in [0.15, 0.2) is 0 Å². The van der Waals surface area contributed by atoms with E-state index in [1.165, 1.54) is 0 Å². The first-order valence-electron chi connectivity index (χ1n) is 7.35. The minimum absolute atomic E-state index is 0.0927. The van der Waals surface area contributed by atoms with Gasteiger partial charge < -0.3 is 5.32 Å². The van der Waals surface area contributed by atoms with Crippen LogP contribution in [0, 0.1) is 5.41 Å². The van der Waals surface area contributed by atoms with Gasteiger partial charge in [0.25, 0.3) is 0 Å². The largest absolute Gasteiger partial charge is 0.389 e. The van der Waals surface area contributed by atoms with E-state index in [9.17, 15) is 13.2 Å². The number of hydrogen-bond donors (Lipinski definition) is 1. The Hall–Kier alpha value is -1.17. The summed E-state index contributed by atoms with van der Waals surface area (Å²) in [6.07, 6.45) is -1.71. The molecule has 1 unspecified atom stereocenters. The third kappa shape index (κ3) is 4.40. The predicted molar refractivity (Wildman–Crippen MR) is 74.9 cm³/mol. The van der Waals surface area contributed by atoms with Crippen LogP contribution in [-0.2, 0) is 12.8 Å². The summed E-state index contributed by atoms with van der Waals surface area (Å²) in [7, 11) is 0. The summed E-state index contributed by atoms with van der Waals surface area (Å²) in [6.45, 7) is 7.21.